The van der Waals surface area contributed by atoms with Gasteiger partial charge in [-0.2, -0.15) is 0 Å². The summed E-state index contributed by atoms with van der Waals surface area (Å²) < 4.78 is 33.3. The van der Waals surface area contributed by atoms with Gasteiger partial charge in [0.2, 0.25) is 10.0 Å². The van der Waals surface area contributed by atoms with Gasteiger partial charge in [0, 0.05) is 18.1 Å². The van der Waals surface area contributed by atoms with E-state index in [1.807, 2.05) is 0 Å². The molecular formula is C17H24N2O5S. The summed E-state index contributed by atoms with van der Waals surface area (Å²) in [5, 5.41) is 12.7. The summed E-state index contributed by atoms with van der Waals surface area (Å²) in [7, 11) is -2.50. The van der Waals surface area contributed by atoms with E-state index in [0.29, 0.717) is 6.04 Å². The molecule has 0 bridgehead atoms. The number of hydrogen-bond donors (Lipinski definition) is 3. The van der Waals surface area contributed by atoms with Gasteiger partial charge in [0.25, 0.3) is 0 Å². The zero-order chi connectivity index (χ0) is 18.0. The van der Waals surface area contributed by atoms with Crippen LogP contribution in [-0.2, 0) is 10.0 Å². The van der Waals surface area contributed by atoms with Crippen LogP contribution >= 0.6 is 0 Å². The molecule has 0 heterocycles. The van der Waals surface area contributed by atoms with Crippen molar-refractivity contribution in [3.05, 3.63) is 23.8 Å². The highest BCUT2D eigenvalue weighted by Crippen LogP contribution is 2.29. The summed E-state index contributed by atoms with van der Waals surface area (Å²) in [6.07, 6.45) is 6.44. The van der Waals surface area contributed by atoms with Gasteiger partial charge in [-0.1, -0.05) is 12.8 Å². The minimum absolute atomic E-state index is 0.0876. The van der Waals surface area contributed by atoms with E-state index in [4.69, 9.17) is 9.84 Å². The molecule has 0 saturated heterocycles. The molecule has 0 spiro atoms. The smallest absolute Gasteiger partial charge is 0.335 e. The maximum Gasteiger partial charge on any atom is 0.335 e. The fourth-order valence-corrected chi connectivity index (χ4v) is 5.02. The maximum atomic E-state index is 12.8. The van der Waals surface area contributed by atoms with Crippen LogP contribution in [0.1, 0.15) is 48.9 Å². The fraction of sp³-hybridized carbons (Fsp3) is 0.588. The predicted molar refractivity (Wildman–Crippen MR) is 92.5 cm³/mol. The van der Waals surface area contributed by atoms with Gasteiger partial charge in [-0.05, 0) is 43.9 Å². The Morgan fingerprint density at radius 3 is 2.40 bits per heavy atom. The lowest BCUT2D eigenvalue weighted by Crippen LogP contribution is -2.58. The van der Waals surface area contributed by atoms with Gasteiger partial charge in [-0.3, -0.25) is 0 Å². The molecule has 0 radical (unpaired) electrons. The third-order valence-corrected chi connectivity index (χ3v) is 6.60. The first-order valence-corrected chi connectivity index (χ1v) is 10.1. The summed E-state index contributed by atoms with van der Waals surface area (Å²) in [6.45, 7) is 0. The quantitative estimate of drug-likeness (QED) is 0.677. The summed E-state index contributed by atoms with van der Waals surface area (Å²) >= 11 is 0. The second-order valence-electron chi connectivity index (χ2n) is 6.73. The third-order valence-electron chi connectivity index (χ3n) is 5.09. The summed E-state index contributed by atoms with van der Waals surface area (Å²) in [4.78, 5) is 11.0. The first kappa shape index (κ1) is 18.2. The lowest BCUT2D eigenvalue weighted by atomic mass is 9.86. The molecule has 2 atom stereocenters. The molecule has 2 aliphatic carbocycles. The van der Waals surface area contributed by atoms with Gasteiger partial charge in [0.15, 0.2) is 0 Å². The number of ether oxygens (including phenoxy) is 1. The predicted octanol–water partition coefficient (Wildman–Crippen LogP) is 1.73. The van der Waals surface area contributed by atoms with Gasteiger partial charge in [-0.25, -0.2) is 17.9 Å². The molecule has 25 heavy (non-hydrogen) atoms. The van der Waals surface area contributed by atoms with Crippen LogP contribution in [0.2, 0.25) is 0 Å². The Hall–Kier alpha value is -1.64. The molecule has 2 fully saturated rings. The molecule has 0 amide bonds. The van der Waals surface area contributed by atoms with Gasteiger partial charge in [0.05, 0.1) is 12.7 Å². The monoisotopic (exact) mass is 368 g/mol. The summed E-state index contributed by atoms with van der Waals surface area (Å²) in [6, 6.07) is 4.26. The normalized spacial score (nSPS) is 24.0. The van der Waals surface area contributed by atoms with E-state index < -0.39 is 16.0 Å². The molecule has 0 unspecified atom stereocenters. The number of carboxylic acid groups (broad SMARTS) is 1. The number of nitrogens with one attached hydrogen (secondary N) is 2. The molecule has 2 saturated carbocycles. The van der Waals surface area contributed by atoms with Crippen LogP contribution in [0.15, 0.2) is 23.1 Å². The highest BCUT2D eigenvalue weighted by Gasteiger charge is 2.36. The van der Waals surface area contributed by atoms with Crippen molar-refractivity contribution >= 4 is 16.0 Å². The van der Waals surface area contributed by atoms with E-state index in [2.05, 4.69) is 10.0 Å². The summed E-state index contributed by atoms with van der Waals surface area (Å²) in [5.41, 5.74) is -0.0876. The van der Waals surface area contributed by atoms with E-state index in [0.717, 1.165) is 31.7 Å². The van der Waals surface area contributed by atoms with Crippen LogP contribution in [0.25, 0.3) is 0 Å². The zero-order valence-electron chi connectivity index (χ0n) is 14.2. The number of rotatable bonds is 7. The first-order chi connectivity index (χ1) is 11.9. The van der Waals surface area contributed by atoms with E-state index in [1.165, 1.54) is 32.1 Å². The average molecular weight is 368 g/mol. The number of methoxy groups -OCH3 is 1. The van der Waals surface area contributed by atoms with Crippen molar-refractivity contribution in [2.75, 3.05) is 7.11 Å². The molecule has 0 aliphatic heterocycles. The first-order valence-electron chi connectivity index (χ1n) is 8.60. The highest BCUT2D eigenvalue weighted by atomic mass is 32.2. The number of aromatic carboxylic acids is 1. The summed E-state index contributed by atoms with van der Waals surface area (Å²) in [5.74, 6) is -1.04. The van der Waals surface area contributed by atoms with Gasteiger partial charge in [0.1, 0.15) is 10.6 Å². The van der Waals surface area contributed by atoms with Crippen molar-refractivity contribution in [3.8, 4) is 5.75 Å². The molecule has 7 nitrogen and oxygen atoms in total. The topological polar surface area (TPSA) is 105 Å². The molecule has 1 aromatic rings. The number of carboxylic acids is 1. The lowest BCUT2D eigenvalue weighted by Gasteiger charge is -2.39. The van der Waals surface area contributed by atoms with Gasteiger partial charge in [-0.15, -0.1) is 0 Å². The van der Waals surface area contributed by atoms with Crippen LogP contribution in [0.4, 0.5) is 0 Å². The number of benzene rings is 1. The highest BCUT2D eigenvalue weighted by molar-refractivity contribution is 7.89. The standard InChI is InChI=1S/C17H24N2O5S/c1-24-15-9-6-11(17(20)21)10-16(15)25(22,23)19-14-8-7-13(14)18-12-4-2-3-5-12/h6,9-10,12-14,18-19H,2-5,7-8H2,1H3,(H,20,21)/t13-,14+/m0/s1. The molecule has 8 heteroatoms. The lowest BCUT2D eigenvalue weighted by molar-refractivity contribution is 0.0696. The van der Waals surface area contributed by atoms with Crippen molar-refractivity contribution < 1.29 is 23.1 Å². The van der Waals surface area contributed by atoms with Crippen molar-refractivity contribution in [2.45, 2.75) is 61.5 Å². The molecule has 1 aromatic carbocycles. The van der Waals surface area contributed by atoms with Crippen LogP contribution in [0.5, 0.6) is 5.75 Å². The molecule has 2 aliphatic rings. The van der Waals surface area contributed by atoms with Crippen LogP contribution < -0.4 is 14.8 Å². The Labute approximate surface area is 147 Å². The fourth-order valence-electron chi connectivity index (χ4n) is 3.52. The second kappa shape index (κ2) is 7.31. The average Bonchev–Trinajstić information content (AvgIpc) is 3.09. The molecule has 138 valence electrons. The Bertz CT molecular complexity index is 743. The molecule has 0 aromatic heterocycles. The number of carbonyl (C=O) groups is 1. The van der Waals surface area contributed by atoms with E-state index in [-0.39, 0.29) is 28.3 Å². The minimum atomic E-state index is -3.86. The molecule has 3 N–H and O–H groups in total. The largest absolute Gasteiger partial charge is 0.495 e. The minimum Gasteiger partial charge on any atom is -0.495 e. The van der Waals surface area contributed by atoms with Gasteiger partial charge >= 0.3 is 5.97 Å². The number of sulfonamides is 1. The van der Waals surface area contributed by atoms with Gasteiger partial charge < -0.3 is 15.2 Å². The Kier molecular flexibility index (Phi) is 5.31. The maximum absolute atomic E-state index is 12.8. The molecular weight excluding hydrogens is 344 g/mol. The van der Waals surface area contributed by atoms with Crippen LogP contribution in [-0.4, -0.2) is 44.7 Å². The van der Waals surface area contributed by atoms with Crippen molar-refractivity contribution in [2.24, 2.45) is 0 Å². The molecule has 3 rings (SSSR count). The zero-order valence-corrected chi connectivity index (χ0v) is 15.0. The van der Waals surface area contributed by atoms with Crippen LogP contribution in [0, 0.1) is 0 Å². The van der Waals surface area contributed by atoms with Crippen molar-refractivity contribution in [1.29, 1.82) is 0 Å². The number of hydrogen-bond acceptors (Lipinski definition) is 5. The third kappa shape index (κ3) is 3.96. The second-order valence-corrected chi connectivity index (χ2v) is 8.41. The van der Waals surface area contributed by atoms with Crippen molar-refractivity contribution in [1.82, 2.24) is 10.0 Å². The Morgan fingerprint density at radius 1 is 1.16 bits per heavy atom. The Morgan fingerprint density at radius 2 is 1.84 bits per heavy atom. The van der Waals surface area contributed by atoms with Crippen LogP contribution in [0.3, 0.4) is 0 Å². The van der Waals surface area contributed by atoms with E-state index in [9.17, 15) is 13.2 Å². The van der Waals surface area contributed by atoms with E-state index >= 15 is 0 Å². The SMILES string of the molecule is COc1ccc(C(=O)O)cc1S(=O)(=O)N[C@@H]1CC[C@@H]1NC1CCCC1. The van der Waals surface area contributed by atoms with Crippen molar-refractivity contribution in [3.63, 3.8) is 0 Å². The van der Waals surface area contributed by atoms with E-state index in [1.54, 1.807) is 0 Å². The Balaban J connectivity index is 1.75.